The summed E-state index contributed by atoms with van der Waals surface area (Å²) in [7, 11) is 0. The predicted octanol–water partition coefficient (Wildman–Crippen LogP) is 2.16. The van der Waals surface area contributed by atoms with Gasteiger partial charge in [0, 0.05) is 17.2 Å². The van der Waals surface area contributed by atoms with Crippen molar-refractivity contribution in [2.75, 3.05) is 12.3 Å². The summed E-state index contributed by atoms with van der Waals surface area (Å²) in [6.45, 7) is 2.95. The first-order valence-electron chi connectivity index (χ1n) is 5.56. The third-order valence-corrected chi connectivity index (χ3v) is 4.74. The first kappa shape index (κ1) is 12.0. The zero-order valence-corrected chi connectivity index (χ0v) is 11.1. The number of hydrogen-bond acceptors (Lipinski definition) is 4. The lowest BCUT2D eigenvalue weighted by molar-refractivity contribution is 0.909. The van der Waals surface area contributed by atoms with Gasteiger partial charge in [-0.2, -0.15) is 11.8 Å². The van der Waals surface area contributed by atoms with Crippen LogP contribution in [-0.2, 0) is 12.2 Å². The SMILES string of the molecule is CCCN=C(NN)c1cc2c(s1)CCSC2. The van der Waals surface area contributed by atoms with E-state index >= 15 is 0 Å². The molecule has 16 heavy (non-hydrogen) atoms. The van der Waals surface area contributed by atoms with Gasteiger partial charge < -0.3 is 5.43 Å². The van der Waals surface area contributed by atoms with Crippen LogP contribution in [0.5, 0.6) is 0 Å². The molecule has 3 nitrogen and oxygen atoms in total. The van der Waals surface area contributed by atoms with Gasteiger partial charge in [-0.25, -0.2) is 5.84 Å². The second-order valence-corrected chi connectivity index (χ2v) is 5.98. The Labute approximate surface area is 104 Å². The molecular weight excluding hydrogens is 238 g/mol. The Morgan fingerprint density at radius 3 is 3.19 bits per heavy atom. The van der Waals surface area contributed by atoms with Crippen LogP contribution >= 0.6 is 23.1 Å². The molecule has 0 saturated carbocycles. The van der Waals surface area contributed by atoms with E-state index in [0.717, 1.165) is 24.6 Å². The van der Waals surface area contributed by atoms with Crippen molar-refractivity contribution in [1.29, 1.82) is 0 Å². The summed E-state index contributed by atoms with van der Waals surface area (Å²) in [4.78, 5) is 7.15. The van der Waals surface area contributed by atoms with Crippen LogP contribution in [0.1, 0.15) is 28.7 Å². The Balaban J connectivity index is 2.21. The number of amidine groups is 1. The number of aryl methyl sites for hydroxylation is 1. The van der Waals surface area contributed by atoms with Crippen LogP contribution in [0, 0.1) is 0 Å². The molecule has 1 aromatic heterocycles. The van der Waals surface area contributed by atoms with Gasteiger partial charge in [-0.05, 0) is 30.2 Å². The Morgan fingerprint density at radius 1 is 1.62 bits per heavy atom. The largest absolute Gasteiger partial charge is 0.308 e. The number of fused-ring (bicyclic) bond motifs is 1. The summed E-state index contributed by atoms with van der Waals surface area (Å²) in [5, 5.41) is 0. The number of thioether (sulfide) groups is 1. The van der Waals surface area contributed by atoms with Gasteiger partial charge in [-0.1, -0.05) is 6.92 Å². The fourth-order valence-corrected chi connectivity index (χ4v) is 4.03. The summed E-state index contributed by atoms with van der Waals surface area (Å²) in [5.74, 6) is 8.74. The van der Waals surface area contributed by atoms with E-state index in [1.807, 2.05) is 23.1 Å². The van der Waals surface area contributed by atoms with Gasteiger partial charge in [0.15, 0.2) is 5.84 Å². The molecule has 88 valence electrons. The van der Waals surface area contributed by atoms with Gasteiger partial charge in [0.1, 0.15) is 0 Å². The van der Waals surface area contributed by atoms with E-state index in [4.69, 9.17) is 5.84 Å². The molecule has 0 aliphatic carbocycles. The van der Waals surface area contributed by atoms with E-state index in [1.54, 1.807) is 0 Å². The molecule has 2 rings (SSSR count). The maximum atomic E-state index is 5.52. The van der Waals surface area contributed by atoms with Crippen LogP contribution in [-0.4, -0.2) is 18.1 Å². The van der Waals surface area contributed by atoms with Crippen molar-refractivity contribution < 1.29 is 0 Å². The number of nitrogens with two attached hydrogens (primary N) is 1. The molecule has 0 atom stereocenters. The lowest BCUT2D eigenvalue weighted by atomic mass is 10.2. The maximum absolute atomic E-state index is 5.52. The van der Waals surface area contributed by atoms with E-state index < -0.39 is 0 Å². The number of rotatable bonds is 3. The number of hydrazine groups is 1. The summed E-state index contributed by atoms with van der Waals surface area (Å²) < 4.78 is 0. The highest BCUT2D eigenvalue weighted by Gasteiger charge is 2.15. The van der Waals surface area contributed by atoms with Crippen LogP contribution in [0.3, 0.4) is 0 Å². The number of nitrogens with one attached hydrogen (secondary N) is 1. The fourth-order valence-electron chi connectivity index (χ4n) is 1.68. The molecular formula is C11H17N3S2. The Morgan fingerprint density at radius 2 is 2.50 bits per heavy atom. The summed E-state index contributed by atoms with van der Waals surface area (Å²) >= 11 is 3.84. The van der Waals surface area contributed by atoms with Gasteiger partial charge in [0.25, 0.3) is 0 Å². The van der Waals surface area contributed by atoms with Crippen molar-refractivity contribution in [3.8, 4) is 0 Å². The van der Waals surface area contributed by atoms with Crippen molar-refractivity contribution in [2.45, 2.75) is 25.5 Å². The standard InChI is InChI=1S/C11H17N3S2/c1-2-4-13-11(14-12)10-6-8-7-15-5-3-9(8)16-10/h6H,2-5,7,12H2,1H3,(H,13,14). The van der Waals surface area contributed by atoms with Gasteiger partial charge in [0.2, 0.25) is 0 Å². The van der Waals surface area contributed by atoms with Crippen LogP contribution in [0.4, 0.5) is 0 Å². The highest BCUT2D eigenvalue weighted by atomic mass is 32.2. The molecule has 3 N–H and O–H groups in total. The van der Waals surface area contributed by atoms with E-state index in [2.05, 4.69) is 23.4 Å². The summed E-state index contributed by atoms with van der Waals surface area (Å²) in [6, 6.07) is 2.24. The first-order chi connectivity index (χ1) is 7.85. The highest BCUT2D eigenvalue weighted by Crippen LogP contribution is 2.31. The van der Waals surface area contributed by atoms with E-state index in [9.17, 15) is 0 Å². The first-order valence-corrected chi connectivity index (χ1v) is 7.53. The van der Waals surface area contributed by atoms with Gasteiger partial charge in [0.05, 0.1) is 4.88 Å². The van der Waals surface area contributed by atoms with Crippen LogP contribution in [0.2, 0.25) is 0 Å². The van der Waals surface area contributed by atoms with E-state index in [-0.39, 0.29) is 0 Å². The lowest BCUT2D eigenvalue weighted by Crippen LogP contribution is -2.30. The van der Waals surface area contributed by atoms with Crippen LogP contribution in [0.15, 0.2) is 11.1 Å². The normalized spacial score (nSPS) is 16.0. The van der Waals surface area contributed by atoms with E-state index in [1.165, 1.54) is 27.5 Å². The smallest absolute Gasteiger partial charge is 0.152 e. The molecule has 1 aromatic rings. The predicted molar refractivity (Wildman–Crippen MR) is 73.2 cm³/mol. The summed E-state index contributed by atoms with van der Waals surface area (Å²) in [5.41, 5.74) is 4.18. The number of aliphatic imine (C=N–C) groups is 1. The van der Waals surface area contributed by atoms with Crippen molar-refractivity contribution in [2.24, 2.45) is 10.8 Å². The molecule has 1 aliphatic heterocycles. The average Bonchev–Trinajstić information content (AvgIpc) is 2.73. The zero-order valence-electron chi connectivity index (χ0n) is 9.45. The molecule has 0 radical (unpaired) electrons. The molecule has 0 aromatic carbocycles. The number of thiophene rings is 1. The van der Waals surface area contributed by atoms with Gasteiger partial charge in [-0.15, -0.1) is 11.3 Å². The van der Waals surface area contributed by atoms with Gasteiger partial charge >= 0.3 is 0 Å². The molecule has 0 bridgehead atoms. The molecule has 1 aliphatic rings. The zero-order chi connectivity index (χ0) is 11.4. The lowest BCUT2D eigenvalue weighted by Gasteiger charge is -2.08. The fraction of sp³-hybridized carbons (Fsp3) is 0.545. The molecule has 0 spiro atoms. The molecule has 0 fully saturated rings. The minimum Gasteiger partial charge on any atom is -0.308 e. The van der Waals surface area contributed by atoms with Crippen LogP contribution in [0.25, 0.3) is 0 Å². The third-order valence-electron chi connectivity index (χ3n) is 2.49. The average molecular weight is 255 g/mol. The van der Waals surface area contributed by atoms with Crippen molar-refractivity contribution in [3.63, 3.8) is 0 Å². The Bertz CT molecular complexity index is 361. The van der Waals surface area contributed by atoms with Crippen molar-refractivity contribution in [3.05, 3.63) is 21.4 Å². The second-order valence-electron chi connectivity index (χ2n) is 3.74. The van der Waals surface area contributed by atoms with Gasteiger partial charge in [-0.3, -0.25) is 4.99 Å². The Kier molecular flexibility index (Phi) is 4.26. The summed E-state index contributed by atoms with van der Waals surface area (Å²) in [6.07, 6.45) is 2.24. The molecule has 0 saturated heterocycles. The monoisotopic (exact) mass is 255 g/mol. The van der Waals surface area contributed by atoms with Crippen LogP contribution < -0.4 is 11.3 Å². The molecule has 5 heteroatoms. The van der Waals surface area contributed by atoms with E-state index in [0.29, 0.717) is 0 Å². The number of nitrogens with zero attached hydrogens (tertiary/aromatic N) is 1. The molecule has 0 unspecified atom stereocenters. The Hall–Kier alpha value is -0.520. The van der Waals surface area contributed by atoms with Crippen molar-refractivity contribution in [1.82, 2.24) is 5.43 Å². The van der Waals surface area contributed by atoms with Crippen molar-refractivity contribution >= 4 is 28.9 Å². The number of hydrogen-bond donors (Lipinski definition) is 2. The molecule has 0 amide bonds. The highest BCUT2D eigenvalue weighted by molar-refractivity contribution is 7.98. The molecule has 2 heterocycles. The quantitative estimate of drug-likeness (QED) is 0.377. The minimum absolute atomic E-state index is 0.830. The minimum atomic E-state index is 0.830. The topological polar surface area (TPSA) is 50.4 Å². The second kappa shape index (κ2) is 5.70. The third kappa shape index (κ3) is 2.59. The maximum Gasteiger partial charge on any atom is 0.152 e.